The second-order valence-electron chi connectivity index (χ2n) is 2.27. The van der Waals surface area contributed by atoms with Gasteiger partial charge in [0, 0.05) is 6.17 Å². The minimum Gasteiger partial charge on any atom is -0.331 e. The normalized spacial score (nSPS) is 11.5. The lowest BCUT2D eigenvalue weighted by atomic mass is 10.4. The van der Waals surface area contributed by atoms with Gasteiger partial charge in [0.25, 0.3) is 0 Å². The predicted octanol–water partition coefficient (Wildman–Crippen LogP) is 1.70. The van der Waals surface area contributed by atoms with Gasteiger partial charge in [-0.25, -0.2) is 0 Å². The van der Waals surface area contributed by atoms with Crippen LogP contribution in [0.4, 0.5) is 0 Å². The first kappa shape index (κ1) is 9.94. The third-order valence-corrected chi connectivity index (χ3v) is 9.52. The van der Waals surface area contributed by atoms with Gasteiger partial charge in [0.1, 0.15) is 0 Å². The lowest BCUT2D eigenvalue weighted by molar-refractivity contribution is 1.37. The molecule has 1 aromatic carbocycles. The van der Waals surface area contributed by atoms with E-state index in [-0.39, 0.29) is 0 Å². The highest BCUT2D eigenvalue weighted by molar-refractivity contribution is 14.3. The summed E-state index contributed by atoms with van der Waals surface area (Å²) in [5.74, 6) is 0. The molecule has 0 aliphatic rings. The SMILES string of the molecule is NC[Si](I)(I)c1ccccc1. The average Bonchev–Trinajstić information content (AvgIpc) is 2.06. The number of benzene rings is 1. The molecule has 1 aromatic rings. The maximum atomic E-state index is 5.69. The molecule has 0 aromatic heterocycles. The topological polar surface area (TPSA) is 26.0 Å². The first-order valence-corrected chi connectivity index (χ1v) is 11.7. The Bertz CT molecular complexity index is 225. The van der Waals surface area contributed by atoms with Crippen molar-refractivity contribution in [1.82, 2.24) is 0 Å². The Kier molecular flexibility index (Phi) is 3.79. The summed E-state index contributed by atoms with van der Waals surface area (Å²) >= 11 is 5.01. The van der Waals surface area contributed by atoms with E-state index in [4.69, 9.17) is 5.73 Å². The molecule has 4 heteroatoms. The van der Waals surface area contributed by atoms with E-state index >= 15 is 0 Å². The zero-order chi connectivity index (χ0) is 8.32. The Labute approximate surface area is 93.2 Å². The third-order valence-electron chi connectivity index (χ3n) is 1.45. The summed E-state index contributed by atoms with van der Waals surface area (Å²) in [7, 11) is 0. The summed E-state index contributed by atoms with van der Waals surface area (Å²) in [6.45, 7) is 0. The molecule has 11 heavy (non-hydrogen) atoms. The molecule has 1 nitrogen and oxygen atoms in total. The van der Waals surface area contributed by atoms with Crippen molar-refractivity contribution < 1.29 is 0 Å². The van der Waals surface area contributed by atoms with Crippen molar-refractivity contribution in [1.29, 1.82) is 0 Å². The van der Waals surface area contributed by atoms with Crippen molar-refractivity contribution in [2.75, 3.05) is 6.17 Å². The summed E-state index contributed by atoms with van der Waals surface area (Å²) in [5, 5.41) is 1.42. The van der Waals surface area contributed by atoms with Gasteiger partial charge in [0.05, 0.1) is 0 Å². The molecule has 0 bridgehead atoms. The second-order valence-corrected chi connectivity index (χ2v) is 21.9. The van der Waals surface area contributed by atoms with Crippen LogP contribution in [0.15, 0.2) is 30.3 Å². The van der Waals surface area contributed by atoms with Crippen LogP contribution in [0.1, 0.15) is 0 Å². The van der Waals surface area contributed by atoms with Crippen LogP contribution in [0.25, 0.3) is 0 Å². The number of nitrogens with two attached hydrogens (primary N) is 1. The van der Waals surface area contributed by atoms with Gasteiger partial charge in [-0.2, -0.15) is 0 Å². The van der Waals surface area contributed by atoms with Crippen molar-refractivity contribution in [3.63, 3.8) is 0 Å². The van der Waals surface area contributed by atoms with Crippen LogP contribution in [0.3, 0.4) is 0 Å². The van der Waals surface area contributed by atoms with E-state index in [1.807, 2.05) is 6.07 Å². The van der Waals surface area contributed by atoms with E-state index < -0.39 is 3.07 Å². The lowest BCUT2D eigenvalue weighted by Gasteiger charge is -2.14. The van der Waals surface area contributed by atoms with Gasteiger partial charge in [-0.3, -0.25) is 0 Å². The van der Waals surface area contributed by atoms with E-state index in [1.54, 1.807) is 0 Å². The fourth-order valence-electron chi connectivity index (χ4n) is 0.800. The molecule has 0 saturated carbocycles. The highest BCUT2D eigenvalue weighted by atomic mass is 127. The van der Waals surface area contributed by atoms with Crippen molar-refractivity contribution in [2.45, 2.75) is 0 Å². The molecule has 0 aliphatic heterocycles. The number of halogens is 2. The summed E-state index contributed by atoms with van der Waals surface area (Å²) in [5.41, 5.74) is 5.69. The van der Waals surface area contributed by atoms with E-state index in [0.717, 1.165) is 6.17 Å². The molecule has 0 spiro atoms. The summed E-state index contributed by atoms with van der Waals surface area (Å²) in [4.78, 5) is 0. The third kappa shape index (κ3) is 2.67. The van der Waals surface area contributed by atoms with Gasteiger partial charge in [-0.15, -0.1) is 0 Å². The van der Waals surface area contributed by atoms with Crippen molar-refractivity contribution >= 4 is 51.8 Å². The minimum atomic E-state index is -1.34. The highest BCUT2D eigenvalue weighted by Gasteiger charge is 2.25. The Balaban J connectivity index is 2.93. The Morgan fingerprint density at radius 2 is 1.73 bits per heavy atom. The second kappa shape index (κ2) is 4.20. The maximum Gasteiger partial charge on any atom is 0.234 e. The zero-order valence-electron chi connectivity index (χ0n) is 5.93. The van der Waals surface area contributed by atoms with Gasteiger partial charge in [0.2, 0.25) is 3.07 Å². The highest BCUT2D eigenvalue weighted by Crippen LogP contribution is 2.19. The van der Waals surface area contributed by atoms with Crippen LogP contribution in [0.5, 0.6) is 0 Å². The molecule has 0 atom stereocenters. The van der Waals surface area contributed by atoms with E-state index in [2.05, 4.69) is 67.9 Å². The Hall–Kier alpha value is 0.857. The van der Waals surface area contributed by atoms with E-state index in [0.29, 0.717) is 0 Å². The molecule has 2 N–H and O–H groups in total. The van der Waals surface area contributed by atoms with Gasteiger partial charge in [0.15, 0.2) is 0 Å². The molecule has 0 heterocycles. The monoisotopic (exact) mass is 389 g/mol. The van der Waals surface area contributed by atoms with Crippen LogP contribution < -0.4 is 10.9 Å². The van der Waals surface area contributed by atoms with Gasteiger partial charge < -0.3 is 5.73 Å². The standard InChI is InChI=1S/C7H9I2NSi/c8-11(9,6-10)7-4-2-1-3-5-7/h1-5H,6,10H2. The molecule has 0 amide bonds. The quantitative estimate of drug-likeness (QED) is 0.466. The Morgan fingerprint density at radius 1 is 1.18 bits per heavy atom. The number of rotatable bonds is 2. The molecule has 0 radical (unpaired) electrons. The largest absolute Gasteiger partial charge is 0.331 e. The average molecular weight is 389 g/mol. The zero-order valence-corrected chi connectivity index (χ0v) is 11.2. The number of hydrogen-bond donors (Lipinski definition) is 1. The molecule has 0 saturated heterocycles. The van der Waals surface area contributed by atoms with E-state index in [9.17, 15) is 0 Å². The fourth-order valence-corrected chi connectivity index (χ4v) is 3.87. The molecule has 1 rings (SSSR count). The number of hydrogen-bond acceptors (Lipinski definition) is 1. The summed E-state index contributed by atoms with van der Waals surface area (Å²) in [6, 6.07) is 10.5. The molecule has 0 fully saturated rings. The van der Waals surface area contributed by atoms with Crippen LogP contribution >= 0.6 is 43.6 Å². The van der Waals surface area contributed by atoms with Crippen molar-refractivity contribution in [2.24, 2.45) is 5.73 Å². The van der Waals surface area contributed by atoms with Crippen molar-refractivity contribution in [3.8, 4) is 0 Å². The molecular formula is C7H9I2NSi. The summed E-state index contributed by atoms with van der Waals surface area (Å²) in [6.07, 6.45) is 0.804. The molecule has 0 aliphatic carbocycles. The van der Waals surface area contributed by atoms with Crippen LogP contribution in [-0.2, 0) is 0 Å². The smallest absolute Gasteiger partial charge is 0.234 e. The minimum absolute atomic E-state index is 0.804. The predicted molar refractivity (Wildman–Crippen MR) is 68.9 cm³/mol. The van der Waals surface area contributed by atoms with Gasteiger partial charge in [-0.05, 0) is 5.19 Å². The fraction of sp³-hybridized carbons (Fsp3) is 0.143. The first-order chi connectivity index (χ1) is 5.17. The Morgan fingerprint density at radius 3 is 2.18 bits per heavy atom. The maximum absolute atomic E-state index is 5.69. The van der Waals surface area contributed by atoms with Crippen LogP contribution in [0.2, 0.25) is 0 Å². The van der Waals surface area contributed by atoms with Gasteiger partial charge >= 0.3 is 0 Å². The molecule has 60 valence electrons. The van der Waals surface area contributed by atoms with Crippen LogP contribution in [0, 0.1) is 0 Å². The molecular weight excluding hydrogens is 380 g/mol. The lowest BCUT2D eigenvalue weighted by Crippen LogP contribution is -2.42. The molecule has 0 unspecified atom stereocenters. The first-order valence-electron chi connectivity index (χ1n) is 3.30. The summed E-state index contributed by atoms with van der Waals surface area (Å²) < 4.78 is -1.34. The van der Waals surface area contributed by atoms with Crippen molar-refractivity contribution in [3.05, 3.63) is 30.3 Å². The van der Waals surface area contributed by atoms with Crippen LogP contribution in [-0.4, -0.2) is 9.24 Å². The van der Waals surface area contributed by atoms with Gasteiger partial charge in [-0.1, -0.05) is 73.9 Å². The van der Waals surface area contributed by atoms with E-state index in [1.165, 1.54) is 5.19 Å².